The molecule has 0 saturated carbocycles. The predicted molar refractivity (Wildman–Crippen MR) is 80.2 cm³/mol. The second-order valence-electron chi connectivity index (χ2n) is 5.36. The van der Waals surface area contributed by atoms with E-state index in [0.717, 1.165) is 53.4 Å². The van der Waals surface area contributed by atoms with Crippen LogP contribution in [0.5, 0.6) is 0 Å². The third-order valence-corrected chi connectivity index (χ3v) is 3.78. The molecule has 3 rings (SSSR count). The molecule has 5 nitrogen and oxygen atoms in total. The SMILES string of the molecule is Cc1nc2c(c(Nc3cc(C(=O)O)ccc3C)n1)CCC2. The van der Waals surface area contributed by atoms with Crippen molar-refractivity contribution in [3.8, 4) is 0 Å². The van der Waals surface area contributed by atoms with Crippen LogP contribution in [0.2, 0.25) is 0 Å². The molecule has 1 aliphatic rings. The summed E-state index contributed by atoms with van der Waals surface area (Å²) in [7, 11) is 0. The first-order valence-corrected chi connectivity index (χ1v) is 7.02. The van der Waals surface area contributed by atoms with Crippen molar-refractivity contribution in [1.82, 2.24) is 9.97 Å². The molecule has 0 bridgehead atoms. The zero-order valence-electron chi connectivity index (χ0n) is 12.1. The number of carboxylic acids is 1. The Bertz CT molecular complexity index is 726. The minimum Gasteiger partial charge on any atom is -0.478 e. The first kappa shape index (κ1) is 13.5. The molecule has 0 saturated heterocycles. The quantitative estimate of drug-likeness (QED) is 0.905. The summed E-state index contributed by atoms with van der Waals surface area (Å²) in [5.74, 6) is 0.618. The van der Waals surface area contributed by atoms with E-state index in [2.05, 4.69) is 15.3 Å². The Morgan fingerprint density at radius 1 is 1.24 bits per heavy atom. The van der Waals surface area contributed by atoms with Crippen molar-refractivity contribution in [1.29, 1.82) is 0 Å². The molecule has 0 aliphatic heterocycles. The second-order valence-corrected chi connectivity index (χ2v) is 5.36. The lowest BCUT2D eigenvalue weighted by Crippen LogP contribution is -2.05. The molecule has 0 spiro atoms. The van der Waals surface area contributed by atoms with Crippen LogP contribution in [-0.4, -0.2) is 21.0 Å². The highest BCUT2D eigenvalue weighted by atomic mass is 16.4. The first-order chi connectivity index (χ1) is 10.0. The molecular formula is C16H17N3O2. The number of nitrogens with one attached hydrogen (secondary N) is 1. The molecule has 1 aliphatic carbocycles. The Hall–Kier alpha value is -2.43. The molecule has 0 radical (unpaired) electrons. The molecule has 0 atom stereocenters. The van der Waals surface area contributed by atoms with Gasteiger partial charge in [0, 0.05) is 16.9 Å². The maximum absolute atomic E-state index is 11.1. The van der Waals surface area contributed by atoms with Crippen molar-refractivity contribution in [2.45, 2.75) is 33.1 Å². The fourth-order valence-corrected chi connectivity index (χ4v) is 2.68. The number of aromatic nitrogens is 2. The molecule has 5 heteroatoms. The third kappa shape index (κ3) is 2.59. The molecular weight excluding hydrogens is 266 g/mol. The number of aromatic carboxylic acids is 1. The van der Waals surface area contributed by atoms with E-state index in [1.54, 1.807) is 18.2 Å². The number of nitrogens with zero attached hydrogens (tertiary/aromatic N) is 2. The van der Waals surface area contributed by atoms with Gasteiger partial charge < -0.3 is 10.4 Å². The molecule has 21 heavy (non-hydrogen) atoms. The molecule has 2 N–H and O–H groups in total. The fourth-order valence-electron chi connectivity index (χ4n) is 2.68. The van der Waals surface area contributed by atoms with E-state index in [4.69, 9.17) is 5.11 Å². The highest BCUT2D eigenvalue weighted by Crippen LogP contribution is 2.29. The summed E-state index contributed by atoms with van der Waals surface area (Å²) in [6.45, 7) is 3.83. The third-order valence-electron chi connectivity index (χ3n) is 3.78. The van der Waals surface area contributed by atoms with Crippen molar-refractivity contribution in [3.63, 3.8) is 0 Å². The Morgan fingerprint density at radius 2 is 2.05 bits per heavy atom. The minimum atomic E-state index is -0.929. The van der Waals surface area contributed by atoms with Crippen molar-refractivity contribution in [2.75, 3.05) is 5.32 Å². The van der Waals surface area contributed by atoms with E-state index in [1.165, 1.54) is 0 Å². The lowest BCUT2D eigenvalue weighted by Gasteiger charge is -2.13. The van der Waals surface area contributed by atoms with Crippen molar-refractivity contribution in [3.05, 3.63) is 46.4 Å². The number of benzene rings is 1. The summed E-state index contributed by atoms with van der Waals surface area (Å²) in [6, 6.07) is 5.06. The Labute approximate surface area is 123 Å². The van der Waals surface area contributed by atoms with Gasteiger partial charge in [0.05, 0.1) is 5.56 Å². The number of aryl methyl sites for hydroxylation is 3. The molecule has 0 unspecified atom stereocenters. The van der Waals surface area contributed by atoms with Crippen molar-refractivity contribution in [2.24, 2.45) is 0 Å². The molecule has 0 fully saturated rings. The standard InChI is InChI=1S/C16H17N3O2/c1-9-6-7-11(16(20)21)8-14(9)19-15-12-4-3-5-13(12)17-10(2)18-15/h6-8H,3-5H2,1-2H3,(H,20,21)(H,17,18,19). The maximum atomic E-state index is 11.1. The van der Waals surface area contributed by atoms with Crippen LogP contribution in [0.1, 0.15) is 39.4 Å². The predicted octanol–water partition coefficient (Wildman–Crippen LogP) is 3.02. The maximum Gasteiger partial charge on any atom is 0.335 e. The second kappa shape index (κ2) is 5.16. The lowest BCUT2D eigenvalue weighted by atomic mass is 10.1. The molecule has 2 aromatic rings. The van der Waals surface area contributed by atoms with E-state index >= 15 is 0 Å². The highest BCUT2D eigenvalue weighted by molar-refractivity contribution is 5.89. The number of carboxylic acid groups (broad SMARTS) is 1. The Morgan fingerprint density at radius 3 is 2.81 bits per heavy atom. The van der Waals surface area contributed by atoms with Crippen LogP contribution in [0.3, 0.4) is 0 Å². The number of fused-ring (bicyclic) bond motifs is 1. The van der Waals surface area contributed by atoms with E-state index in [9.17, 15) is 4.79 Å². The van der Waals surface area contributed by atoms with Gasteiger partial charge in [-0.15, -0.1) is 0 Å². The summed E-state index contributed by atoms with van der Waals surface area (Å²) in [4.78, 5) is 20.1. The van der Waals surface area contributed by atoms with Gasteiger partial charge >= 0.3 is 5.97 Å². The number of hydrogen-bond acceptors (Lipinski definition) is 4. The molecule has 1 heterocycles. The van der Waals surface area contributed by atoms with Crippen LogP contribution in [0, 0.1) is 13.8 Å². The number of rotatable bonds is 3. The summed E-state index contributed by atoms with van der Waals surface area (Å²) >= 11 is 0. The van der Waals surface area contributed by atoms with Crippen LogP contribution >= 0.6 is 0 Å². The van der Waals surface area contributed by atoms with Gasteiger partial charge in [-0.3, -0.25) is 0 Å². The van der Waals surface area contributed by atoms with Crippen LogP contribution < -0.4 is 5.32 Å². The zero-order valence-corrected chi connectivity index (χ0v) is 12.1. The van der Waals surface area contributed by atoms with Gasteiger partial charge in [0.25, 0.3) is 0 Å². The first-order valence-electron chi connectivity index (χ1n) is 7.02. The van der Waals surface area contributed by atoms with E-state index in [-0.39, 0.29) is 5.56 Å². The smallest absolute Gasteiger partial charge is 0.335 e. The van der Waals surface area contributed by atoms with Gasteiger partial charge in [0.2, 0.25) is 0 Å². The van der Waals surface area contributed by atoms with Gasteiger partial charge in [-0.05, 0) is 50.8 Å². The topological polar surface area (TPSA) is 75.1 Å². The van der Waals surface area contributed by atoms with E-state index in [1.807, 2.05) is 13.8 Å². The lowest BCUT2D eigenvalue weighted by molar-refractivity contribution is 0.0697. The normalized spacial score (nSPS) is 13.0. The molecule has 108 valence electrons. The highest BCUT2D eigenvalue weighted by Gasteiger charge is 2.19. The zero-order chi connectivity index (χ0) is 15.0. The van der Waals surface area contributed by atoms with Crippen LogP contribution in [-0.2, 0) is 12.8 Å². The average molecular weight is 283 g/mol. The fraction of sp³-hybridized carbons (Fsp3) is 0.312. The molecule has 0 amide bonds. The summed E-state index contributed by atoms with van der Waals surface area (Å²) in [5.41, 5.74) is 4.30. The summed E-state index contributed by atoms with van der Waals surface area (Å²) in [5, 5.41) is 12.4. The monoisotopic (exact) mass is 283 g/mol. The minimum absolute atomic E-state index is 0.269. The van der Waals surface area contributed by atoms with Gasteiger partial charge in [0.1, 0.15) is 11.6 Å². The van der Waals surface area contributed by atoms with Crippen molar-refractivity contribution < 1.29 is 9.90 Å². The average Bonchev–Trinajstić information content (AvgIpc) is 2.89. The number of anilines is 2. The number of carbonyl (C=O) groups is 1. The number of hydrogen-bond donors (Lipinski definition) is 2. The van der Waals surface area contributed by atoms with Gasteiger partial charge in [-0.25, -0.2) is 14.8 Å². The van der Waals surface area contributed by atoms with Crippen LogP contribution in [0.25, 0.3) is 0 Å². The van der Waals surface area contributed by atoms with Gasteiger partial charge in [-0.1, -0.05) is 6.07 Å². The largest absolute Gasteiger partial charge is 0.478 e. The van der Waals surface area contributed by atoms with Gasteiger partial charge in [0.15, 0.2) is 0 Å². The van der Waals surface area contributed by atoms with Crippen LogP contribution in [0.4, 0.5) is 11.5 Å². The van der Waals surface area contributed by atoms with Gasteiger partial charge in [-0.2, -0.15) is 0 Å². The Balaban J connectivity index is 2.01. The van der Waals surface area contributed by atoms with Crippen LogP contribution in [0.15, 0.2) is 18.2 Å². The Kier molecular flexibility index (Phi) is 3.33. The van der Waals surface area contributed by atoms with Crippen molar-refractivity contribution >= 4 is 17.5 Å². The summed E-state index contributed by atoms with van der Waals surface area (Å²) in [6.07, 6.45) is 3.05. The van der Waals surface area contributed by atoms with E-state index in [0.29, 0.717) is 0 Å². The molecule has 1 aromatic carbocycles. The summed E-state index contributed by atoms with van der Waals surface area (Å²) < 4.78 is 0. The van der Waals surface area contributed by atoms with E-state index < -0.39 is 5.97 Å². The molecule has 1 aromatic heterocycles.